The molecule has 1 saturated heterocycles. The van der Waals surface area contributed by atoms with E-state index in [2.05, 4.69) is 52.5 Å². The number of halogens is 5. The van der Waals surface area contributed by atoms with E-state index in [9.17, 15) is 33.9 Å². The predicted octanol–water partition coefficient (Wildman–Crippen LogP) is 9.68. The van der Waals surface area contributed by atoms with Gasteiger partial charge >= 0.3 is 49.9 Å². The summed E-state index contributed by atoms with van der Waals surface area (Å²) in [4.78, 5) is 67.5. The van der Waals surface area contributed by atoms with Crippen LogP contribution in [0.3, 0.4) is 0 Å². The fourth-order valence-electron chi connectivity index (χ4n) is 9.07. The summed E-state index contributed by atoms with van der Waals surface area (Å²) in [6.07, 6.45) is 4.65. The van der Waals surface area contributed by atoms with E-state index < -0.39 is 31.0 Å². The molecule has 0 bridgehead atoms. The van der Waals surface area contributed by atoms with Crippen molar-refractivity contribution in [3.05, 3.63) is 121 Å². The number of carboxylic acid groups (broad SMARTS) is 1. The molecule has 4 N–H and O–H groups in total. The van der Waals surface area contributed by atoms with Gasteiger partial charge in [-0.15, -0.1) is 0 Å². The Morgan fingerprint density at radius 1 is 0.546 bits per heavy atom. The van der Waals surface area contributed by atoms with Gasteiger partial charge in [-0.05, 0) is 117 Å². The average molecular weight is 1540 g/mol. The fraction of sp³-hybridized carbons (Fsp3) is 0.438. The first-order valence-electron chi connectivity index (χ1n) is 29.0. The number of hydrogen-bond acceptors (Lipinski definition) is 20. The van der Waals surface area contributed by atoms with Gasteiger partial charge in [-0.3, -0.25) is 9.59 Å². The number of hydrogen-bond donors (Lipinski definition) is 3. The number of amides is 2. The molecule has 4 unspecified atom stereocenters. The summed E-state index contributed by atoms with van der Waals surface area (Å²) in [6, 6.07) is 22.2. The minimum atomic E-state index is -1.41. The van der Waals surface area contributed by atoms with E-state index in [0.29, 0.717) is 105 Å². The number of rotatable bonds is 10. The molecule has 0 aliphatic carbocycles. The van der Waals surface area contributed by atoms with Crippen molar-refractivity contribution in [2.75, 3.05) is 19.8 Å². The molecule has 5 aliphatic heterocycles. The Morgan fingerprint density at radius 2 is 0.897 bits per heavy atom. The third kappa shape index (κ3) is 23.6. The first kappa shape index (κ1) is 88.1. The second kappa shape index (κ2) is 41.5. The number of carbonyl (C=O) groups excluding carboxylic acids is 5. The Bertz CT molecular complexity index is 3680. The summed E-state index contributed by atoms with van der Waals surface area (Å²) in [5.41, 5.74) is 4.10. The maximum atomic E-state index is 12.2. The molecule has 2 amide bonds. The number of ether oxygens (including phenoxy) is 7. The van der Waals surface area contributed by atoms with Crippen LogP contribution in [0.4, 0.5) is 0 Å². The molecule has 5 aliphatic rings. The third-order valence-corrected chi connectivity index (χ3v) is 16.0. The van der Waals surface area contributed by atoms with E-state index in [1.165, 1.54) is 0 Å². The van der Waals surface area contributed by atoms with Crippen LogP contribution in [0.1, 0.15) is 159 Å². The molecule has 26 nitrogen and oxygen atoms in total. The zero-order chi connectivity index (χ0) is 66.2. The number of benzene rings is 3. The van der Waals surface area contributed by atoms with E-state index >= 15 is 0 Å². The number of imide groups is 1. The monoisotopic (exact) mass is 1530 g/mol. The van der Waals surface area contributed by atoms with Crippen molar-refractivity contribution in [3.63, 3.8) is 0 Å². The Labute approximate surface area is 609 Å². The van der Waals surface area contributed by atoms with Crippen molar-refractivity contribution in [1.29, 1.82) is 0 Å². The van der Waals surface area contributed by atoms with Gasteiger partial charge < -0.3 is 53.8 Å². The summed E-state index contributed by atoms with van der Waals surface area (Å²) in [5.74, 6) is -0.210. The smallest absolute Gasteiger partial charge is 0.870 e. The van der Waals surface area contributed by atoms with Crippen LogP contribution in [0, 0.1) is 0 Å². The summed E-state index contributed by atoms with van der Waals surface area (Å²) in [7, 11) is -1.41. The molecular weight excluding hydrogens is 1450 g/mol. The first-order valence-corrected chi connectivity index (χ1v) is 31.7. The molecule has 7 aromatic rings. The Balaban J connectivity index is 0.000000590. The number of carboxylic acids is 1. The number of nitrogens with zero attached hydrogens (tertiary/aromatic N) is 9. The van der Waals surface area contributed by atoms with Gasteiger partial charge in [0, 0.05) is 85.8 Å². The Kier molecular flexibility index (Phi) is 37.7. The van der Waals surface area contributed by atoms with Gasteiger partial charge in [0.25, 0.3) is 0 Å². The number of esters is 3. The van der Waals surface area contributed by atoms with Crippen LogP contribution in [0.15, 0.2) is 83.3 Å². The SMILES string of the molecule is C.C.C.C.CC1CCn2nc(C(=O)O)c(-c3ccc(Cl)cc3)c2O1.CCOC(=O)c1cc2n(n1)CCC(C)O2.CCOC(=O)c1nn2c(c1-c1ccc(Cl)cc1)OC(C)CC2.CCOC(=O)c1nn2c(c1Br)OC(C)CC2.O=C1CCC(=O)N1Br.OB(O)c1ccc(Cl)cc1.[Li+].[OH-]. The molecule has 1 fully saturated rings. The van der Waals surface area contributed by atoms with Crippen LogP contribution >= 0.6 is 66.9 Å². The van der Waals surface area contributed by atoms with Crippen molar-refractivity contribution in [2.45, 2.75) is 167 Å². The van der Waals surface area contributed by atoms with Crippen LogP contribution in [0.25, 0.3) is 22.3 Å². The summed E-state index contributed by atoms with van der Waals surface area (Å²) in [5, 5.41) is 45.2. The van der Waals surface area contributed by atoms with Crippen LogP contribution in [-0.2, 0) is 50.0 Å². The molecule has 9 heterocycles. The molecule has 33 heteroatoms. The topological polar surface area (TPSA) is 332 Å². The Morgan fingerprint density at radius 3 is 1.30 bits per heavy atom. The summed E-state index contributed by atoms with van der Waals surface area (Å²) in [6.45, 7) is 17.2. The van der Waals surface area contributed by atoms with Gasteiger partial charge in [0.15, 0.2) is 22.8 Å². The zero-order valence-electron chi connectivity index (χ0n) is 52.1. The predicted molar refractivity (Wildman–Crippen MR) is 371 cm³/mol. The maximum absolute atomic E-state index is 12.2. The number of fused-ring (bicyclic) bond motifs is 4. The van der Waals surface area contributed by atoms with Crippen molar-refractivity contribution in [1.82, 2.24) is 43.0 Å². The van der Waals surface area contributed by atoms with Gasteiger partial charge in [0.1, 0.15) is 4.47 Å². The van der Waals surface area contributed by atoms with E-state index in [4.69, 9.17) is 78.0 Å². The molecule has 526 valence electrons. The number of carbonyl (C=O) groups is 6. The van der Waals surface area contributed by atoms with Gasteiger partial charge in [-0.25, -0.2) is 41.8 Å². The minimum Gasteiger partial charge on any atom is -0.870 e. The van der Waals surface area contributed by atoms with E-state index in [1.807, 2.05) is 39.8 Å². The summed E-state index contributed by atoms with van der Waals surface area (Å²) >= 11 is 23.5. The normalized spacial score (nSPS) is 16.1. The second-order valence-electron chi connectivity index (χ2n) is 20.6. The van der Waals surface area contributed by atoms with Crippen molar-refractivity contribution in [2.24, 2.45) is 0 Å². The van der Waals surface area contributed by atoms with E-state index in [0.717, 1.165) is 60.4 Å². The molecule has 3 aromatic carbocycles. The largest absolute Gasteiger partial charge is 1.00 e. The van der Waals surface area contributed by atoms with E-state index in [-0.39, 0.29) is 107 Å². The molecule has 4 aromatic heterocycles. The van der Waals surface area contributed by atoms with Crippen molar-refractivity contribution in [3.8, 4) is 45.8 Å². The van der Waals surface area contributed by atoms with Gasteiger partial charge in [-0.1, -0.05) is 101 Å². The van der Waals surface area contributed by atoms with Crippen molar-refractivity contribution < 1.29 is 101 Å². The molecule has 0 spiro atoms. The number of aromatic carboxylic acids is 1. The summed E-state index contributed by atoms with van der Waals surface area (Å²) < 4.78 is 46.0. The second-order valence-corrected chi connectivity index (χ2v) is 23.4. The maximum Gasteiger partial charge on any atom is 1.00 e. The van der Waals surface area contributed by atoms with Gasteiger partial charge in [0.05, 0.1) is 71.5 Å². The number of aryl methyl sites for hydroxylation is 4. The Hall–Kier alpha value is -6.91. The van der Waals surface area contributed by atoms with Crippen LogP contribution in [0.5, 0.6) is 23.5 Å². The molecule has 0 radical (unpaired) electrons. The molecule has 4 atom stereocenters. The van der Waals surface area contributed by atoms with Gasteiger partial charge in [0.2, 0.25) is 35.3 Å². The molecule has 12 rings (SSSR count). The number of aromatic nitrogens is 8. The van der Waals surface area contributed by atoms with Crippen LogP contribution < -0.4 is 43.3 Å². The standard InChI is InChI=1S/C16H17ClN2O3.C14H13ClN2O3.C10H13BrN2O3.C10H14N2O3.C6H6BClO2.C4H4BrNO2.4CH4.Li.H2O/c1-3-21-16(20)14-13(11-4-6-12(17)7-5-11)15-19(18-14)9-8-10(2)22-15;1-8-6-7-17-13(20-8)11(12(16-17)14(18)19)9-2-4-10(15)5-3-9;1-3-15-10(14)8-7(11)9-13(12-8)5-4-6(2)16-9;1-3-14-10(13)8-6-9-12(11-8)5-4-7(2)15-9;8-6-3-1-5(2-4-6)7(9)10;5-6-3(7)1-2-4(6)8;;;;;;/h4-7,10H,3,8-9H2,1-2H3;2-5,8H,6-7H2,1H3,(H,18,19);6H,3-5H2,1-2H3;6-7H,3-5H2,1-2H3;1-4,9-10H;1-2H2;4*1H4;;1H2/q;;;;;;;;;;+1;/p-1. The molecule has 97 heavy (non-hydrogen) atoms. The quantitative estimate of drug-likeness (QED) is 0.0377. The third-order valence-electron chi connectivity index (χ3n) is 13.7. The molecule has 0 saturated carbocycles. The molecular formula is C64H84BBr2Cl3LiN9O17. The minimum absolute atomic E-state index is 0. The van der Waals surface area contributed by atoms with Crippen LogP contribution in [0.2, 0.25) is 15.1 Å². The van der Waals surface area contributed by atoms with E-state index in [1.54, 1.807) is 106 Å². The van der Waals surface area contributed by atoms with Crippen molar-refractivity contribution >= 4 is 115 Å². The average Bonchev–Trinajstić information content (AvgIpc) is 1.64. The van der Waals surface area contributed by atoms with Crippen LogP contribution in [-0.4, -0.2) is 151 Å². The van der Waals surface area contributed by atoms with Gasteiger partial charge in [-0.2, -0.15) is 20.4 Å². The fourth-order valence-corrected chi connectivity index (χ4v) is 10.3. The first-order chi connectivity index (χ1) is 43.4. The zero-order valence-corrected chi connectivity index (χ0v) is 57.5.